The first-order valence-corrected chi connectivity index (χ1v) is 6.68. The number of rotatable bonds is 2. The molecule has 0 saturated heterocycles. The highest BCUT2D eigenvalue weighted by Gasteiger charge is 2.13. The molecule has 0 fully saturated rings. The Morgan fingerprint density at radius 1 is 1.33 bits per heavy atom. The van der Waals surface area contributed by atoms with Crippen molar-refractivity contribution in [1.29, 1.82) is 5.26 Å². The summed E-state index contributed by atoms with van der Waals surface area (Å²) in [6.07, 6.45) is 1.39. The highest BCUT2D eigenvalue weighted by molar-refractivity contribution is 6.33. The smallest absolute Gasteiger partial charge is 0.255 e. The molecule has 0 saturated carbocycles. The van der Waals surface area contributed by atoms with Crippen molar-refractivity contribution in [2.24, 2.45) is 0 Å². The van der Waals surface area contributed by atoms with Gasteiger partial charge < -0.3 is 5.32 Å². The van der Waals surface area contributed by atoms with Crippen LogP contribution in [0.3, 0.4) is 0 Å². The fourth-order valence-electron chi connectivity index (χ4n) is 1.86. The van der Waals surface area contributed by atoms with Gasteiger partial charge in [-0.05, 0) is 25.1 Å². The van der Waals surface area contributed by atoms with Gasteiger partial charge in [-0.3, -0.25) is 0 Å². The van der Waals surface area contributed by atoms with Crippen molar-refractivity contribution in [3.63, 3.8) is 0 Å². The first kappa shape index (κ1) is 13.6. The van der Waals surface area contributed by atoms with Crippen molar-refractivity contribution in [3.8, 4) is 6.07 Å². The summed E-state index contributed by atoms with van der Waals surface area (Å²) in [6, 6.07) is 7.01. The molecule has 0 atom stereocenters. The monoisotopic (exact) mass is 318 g/mol. The lowest BCUT2D eigenvalue weighted by Gasteiger charge is -2.13. The van der Waals surface area contributed by atoms with E-state index in [-0.39, 0.29) is 0 Å². The number of aromatic nitrogens is 4. The number of nitrogens with zero attached hydrogens (tertiary/aromatic N) is 5. The molecule has 1 aromatic carbocycles. The maximum atomic E-state index is 8.98. The highest BCUT2D eigenvalue weighted by Crippen LogP contribution is 2.30. The second-order valence-corrected chi connectivity index (χ2v) is 5.04. The topological polar surface area (TPSA) is 78.9 Å². The zero-order chi connectivity index (χ0) is 15.0. The first-order chi connectivity index (χ1) is 10.1. The lowest BCUT2D eigenvalue weighted by Crippen LogP contribution is -2.05. The summed E-state index contributed by atoms with van der Waals surface area (Å²) in [5.41, 5.74) is 1.78. The molecule has 0 amide bonds. The van der Waals surface area contributed by atoms with E-state index in [9.17, 15) is 0 Å². The molecule has 3 rings (SSSR count). The van der Waals surface area contributed by atoms with E-state index >= 15 is 0 Å². The van der Waals surface area contributed by atoms with E-state index in [4.69, 9.17) is 28.5 Å². The Balaban J connectivity index is 2.16. The number of nitrogens with one attached hydrogen (secondary N) is 1. The predicted octanol–water partition coefficient (Wildman–Crippen LogP) is 3.35. The van der Waals surface area contributed by atoms with Crippen LogP contribution in [0.5, 0.6) is 0 Å². The molecule has 3 aromatic rings. The van der Waals surface area contributed by atoms with Crippen molar-refractivity contribution >= 4 is 40.5 Å². The van der Waals surface area contributed by atoms with E-state index in [1.54, 1.807) is 25.1 Å². The van der Waals surface area contributed by atoms with Crippen LogP contribution in [0.25, 0.3) is 5.78 Å². The van der Waals surface area contributed by atoms with E-state index in [1.807, 2.05) is 0 Å². The molecule has 2 aromatic heterocycles. The van der Waals surface area contributed by atoms with E-state index < -0.39 is 0 Å². The minimum absolute atomic E-state index is 0.325. The minimum atomic E-state index is 0.325. The summed E-state index contributed by atoms with van der Waals surface area (Å²) in [5, 5.41) is 17.0. The van der Waals surface area contributed by atoms with E-state index in [0.29, 0.717) is 38.6 Å². The number of anilines is 2. The van der Waals surface area contributed by atoms with Crippen LogP contribution >= 0.6 is 23.2 Å². The summed E-state index contributed by atoms with van der Waals surface area (Å²) >= 11 is 12.3. The molecule has 1 N–H and O–H groups in total. The van der Waals surface area contributed by atoms with E-state index in [0.717, 1.165) is 0 Å². The van der Waals surface area contributed by atoms with Gasteiger partial charge >= 0.3 is 0 Å². The molecule has 0 unspecified atom stereocenters. The van der Waals surface area contributed by atoms with Crippen molar-refractivity contribution in [1.82, 2.24) is 19.6 Å². The number of fused-ring (bicyclic) bond motifs is 1. The largest absolute Gasteiger partial charge is 0.338 e. The molecule has 6 nitrogen and oxygen atoms in total. The molecule has 2 heterocycles. The van der Waals surface area contributed by atoms with Gasteiger partial charge in [0.2, 0.25) is 0 Å². The zero-order valence-electron chi connectivity index (χ0n) is 10.8. The fourth-order valence-corrected chi connectivity index (χ4v) is 2.19. The van der Waals surface area contributed by atoms with Gasteiger partial charge in [-0.15, -0.1) is 0 Å². The fraction of sp³-hybridized carbons (Fsp3) is 0.0769. The Kier molecular flexibility index (Phi) is 3.37. The maximum Gasteiger partial charge on any atom is 0.255 e. The number of halogens is 2. The van der Waals surface area contributed by atoms with E-state index in [1.165, 1.54) is 10.8 Å². The molecule has 0 radical (unpaired) electrons. The van der Waals surface area contributed by atoms with Crippen LogP contribution in [-0.2, 0) is 0 Å². The van der Waals surface area contributed by atoms with Crippen LogP contribution in [0, 0.1) is 18.3 Å². The van der Waals surface area contributed by atoms with Crippen molar-refractivity contribution < 1.29 is 0 Å². The van der Waals surface area contributed by atoms with Gasteiger partial charge in [0.15, 0.2) is 0 Å². The summed E-state index contributed by atoms with van der Waals surface area (Å²) in [5.74, 6) is 0.972. The van der Waals surface area contributed by atoms with Gasteiger partial charge in [0.25, 0.3) is 5.78 Å². The lowest BCUT2D eigenvalue weighted by atomic mass is 10.2. The molecular formula is C13H8Cl2N6. The zero-order valence-corrected chi connectivity index (χ0v) is 12.3. The third-order valence-electron chi connectivity index (χ3n) is 2.95. The first-order valence-electron chi connectivity index (χ1n) is 5.92. The second-order valence-electron chi connectivity index (χ2n) is 4.28. The van der Waals surface area contributed by atoms with Crippen molar-refractivity contribution in [2.45, 2.75) is 6.92 Å². The molecule has 0 aliphatic carbocycles. The number of nitriles is 1. The highest BCUT2D eigenvalue weighted by atomic mass is 35.5. The standard InChI is InChI=1S/C13H8Cl2N6/c1-7-11(15)20-13-17-6-18-21(13)12(7)19-10-4-8(5-16)2-3-9(10)14/h2-4,6,19H,1H3. The normalized spacial score (nSPS) is 10.6. The molecule has 104 valence electrons. The molecular weight excluding hydrogens is 311 g/mol. The van der Waals surface area contributed by atoms with Gasteiger partial charge in [-0.2, -0.15) is 24.8 Å². The average molecular weight is 319 g/mol. The van der Waals surface area contributed by atoms with Crippen LogP contribution < -0.4 is 5.32 Å². The average Bonchev–Trinajstić information content (AvgIpc) is 2.93. The van der Waals surface area contributed by atoms with Crippen molar-refractivity contribution in [2.75, 3.05) is 5.32 Å². The second kappa shape index (κ2) is 5.20. The van der Waals surface area contributed by atoms with Gasteiger partial charge in [0, 0.05) is 5.56 Å². The van der Waals surface area contributed by atoms with Crippen molar-refractivity contribution in [3.05, 3.63) is 45.8 Å². The maximum absolute atomic E-state index is 8.98. The van der Waals surface area contributed by atoms with Crippen LogP contribution in [0.1, 0.15) is 11.1 Å². The lowest BCUT2D eigenvalue weighted by molar-refractivity contribution is 0.936. The van der Waals surface area contributed by atoms with Crippen LogP contribution in [0.4, 0.5) is 11.5 Å². The van der Waals surface area contributed by atoms with Gasteiger partial charge in [-0.25, -0.2) is 0 Å². The third-order valence-corrected chi connectivity index (χ3v) is 3.65. The van der Waals surface area contributed by atoms with E-state index in [2.05, 4.69) is 26.5 Å². The Bertz CT molecular complexity index is 880. The van der Waals surface area contributed by atoms with Gasteiger partial charge in [-0.1, -0.05) is 23.2 Å². The molecule has 0 spiro atoms. The predicted molar refractivity (Wildman–Crippen MR) is 80.0 cm³/mol. The summed E-state index contributed by atoms with van der Waals surface area (Å²) in [4.78, 5) is 8.13. The number of hydrogen-bond donors (Lipinski definition) is 1. The third kappa shape index (κ3) is 2.37. The van der Waals surface area contributed by atoms with Crippen LogP contribution in [0.2, 0.25) is 10.2 Å². The molecule has 0 aliphatic rings. The van der Waals surface area contributed by atoms with Gasteiger partial charge in [0.05, 0.1) is 22.3 Å². The quantitative estimate of drug-likeness (QED) is 0.733. The van der Waals surface area contributed by atoms with Gasteiger partial charge in [0.1, 0.15) is 17.3 Å². The Morgan fingerprint density at radius 2 is 2.14 bits per heavy atom. The minimum Gasteiger partial charge on any atom is -0.338 e. The SMILES string of the molecule is Cc1c(Cl)nc2ncnn2c1Nc1cc(C#N)ccc1Cl. The Morgan fingerprint density at radius 3 is 2.90 bits per heavy atom. The van der Waals surface area contributed by atoms with Crippen LogP contribution in [-0.4, -0.2) is 19.6 Å². The number of benzene rings is 1. The Hall–Kier alpha value is -2.36. The Labute approximate surface area is 130 Å². The molecule has 8 heteroatoms. The van der Waals surface area contributed by atoms with Crippen LogP contribution in [0.15, 0.2) is 24.5 Å². The summed E-state index contributed by atoms with van der Waals surface area (Å²) in [7, 11) is 0. The molecule has 0 aliphatic heterocycles. The summed E-state index contributed by atoms with van der Waals surface area (Å²) in [6.45, 7) is 1.81. The molecule has 0 bridgehead atoms. The summed E-state index contributed by atoms with van der Waals surface area (Å²) < 4.78 is 1.52. The molecule has 21 heavy (non-hydrogen) atoms. The number of hydrogen-bond acceptors (Lipinski definition) is 5.